The molecule has 0 saturated heterocycles. The zero-order chi connectivity index (χ0) is 18.0. The zero-order valence-electron chi connectivity index (χ0n) is 15.4. The third-order valence-corrected chi connectivity index (χ3v) is 6.21. The first kappa shape index (κ1) is 17.9. The number of hydrogen-bond acceptors (Lipinski definition) is 4. The van der Waals surface area contributed by atoms with Gasteiger partial charge in [0.1, 0.15) is 0 Å². The summed E-state index contributed by atoms with van der Waals surface area (Å²) in [6.07, 6.45) is 5.13. The van der Waals surface area contributed by atoms with Crippen LogP contribution in [0.5, 0.6) is 0 Å². The average Bonchev–Trinajstić information content (AvgIpc) is 2.93. The standard InChI is InChI=1S/C21H27NO3/c1-4-15-11-21(9-8-18(15)24-3)12-16-7-6-14(13-22)10-17(16)19(21)20(23)25-5-2/h6-7,10,15,18-19H,4-5,8-9,11-12H2,1-3H3. The molecular formula is C21H27NO3. The Kier molecular flexibility index (Phi) is 5.15. The molecule has 25 heavy (non-hydrogen) atoms. The van der Waals surface area contributed by atoms with Gasteiger partial charge in [0.05, 0.1) is 30.3 Å². The van der Waals surface area contributed by atoms with E-state index < -0.39 is 0 Å². The lowest BCUT2D eigenvalue weighted by Gasteiger charge is -2.44. The molecule has 1 spiro atoms. The van der Waals surface area contributed by atoms with Crippen LogP contribution in [-0.2, 0) is 20.7 Å². The molecule has 0 N–H and O–H groups in total. The number of esters is 1. The van der Waals surface area contributed by atoms with Crippen LogP contribution in [0.15, 0.2) is 18.2 Å². The van der Waals surface area contributed by atoms with Gasteiger partial charge in [0.15, 0.2) is 0 Å². The van der Waals surface area contributed by atoms with Gasteiger partial charge in [-0.25, -0.2) is 0 Å². The molecular weight excluding hydrogens is 314 g/mol. The van der Waals surface area contributed by atoms with E-state index in [1.807, 2.05) is 25.1 Å². The Morgan fingerprint density at radius 2 is 2.20 bits per heavy atom. The summed E-state index contributed by atoms with van der Waals surface area (Å²) >= 11 is 0. The molecule has 4 unspecified atom stereocenters. The summed E-state index contributed by atoms with van der Waals surface area (Å²) in [6.45, 7) is 4.43. The summed E-state index contributed by atoms with van der Waals surface area (Å²) in [7, 11) is 1.79. The molecule has 4 nitrogen and oxygen atoms in total. The molecule has 0 heterocycles. The second kappa shape index (κ2) is 7.17. The third kappa shape index (κ3) is 3.06. The van der Waals surface area contributed by atoms with Crippen LogP contribution in [-0.4, -0.2) is 25.8 Å². The minimum Gasteiger partial charge on any atom is -0.466 e. The molecule has 4 heteroatoms. The molecule has 0 aromatic heterocycles. The van der Waals surface area contributed by atoms with E-state index >= 15 is 0 Å². The number of ether oxygens (including phenoxy) is 2. The average molecular weight is 341 g/mol. The van der Waals surface area contributed by atoms with Crippen LogP contribution in [0.3, 0.4) is 0 Å². The maximum absolute atomic E-state index is 12.9. The molecule has 0 amide bonds. The fourth-order valence-electron chi connectivity index (χ4n) is 5.07. The highest BCUT2D eigenvalue weighted by Crippen LogP contribution is 2.57. The number of nitrogens with zero attached hydrogens (tertiary/aromatic N) is 1. The van der Waals surface area contributed by atoms with Crippen molar-refractivity contribution in [3.05, 3.63) is 34.9 Å². The highest BCUT2D eigenvalue weighted by Gasteiger charge is 2.53. The quantitative estimate of drug-likeness (QED) is 0.778. The molecule has 1 aromatic rings. The van der Waals surface area contributed by atoms with E-state index in [0.29, 0.717) is 18.1 Å². The molecule has 0 radical (unpaired) electrons. The number of benzene rings is 1. The van der Waals surface area contributed by atoms with Gasteiger partial charge >= 0.3 is 5.97 Å². The molecule has 1 aromatic carbocycles. The Morgan fingerprint density at radius 3 is 2.84 bits per heavy atom. The van der Waals surface area contributed by atoms with Gasteiger partial charge in [0.25, 0.3) is 0 Å². The van der Waals surface area contributed by atoms with Gasteiger partial charge in [-0.05, 0) is 67.2 Å². The summed E-state index contributed by atoms with van der Waals surface area (Å²) in [5.41, 5.74) is 2.71. The number of nitriles is 1. The van der Waals surface area contributed by atoms with Crippen molar-refractivity contribution in [2.24, 2.45) is 11.3 Å². The molecule has 4 atom stereocenters. The minimum atomic E-state index is -0.261. The maximum atomic E-state index is 12.9. The van der Waals surface area contributed by atoms with Gasteiger partial charge in [-0.3, -0.25) is 4.79 Å². The fourth-order valence-corrected chi connectivity index (χ4v) is 5.07. The summed E-state index contributed by atoms with van der Waals surface area (Å²) in [4.78, 5) is 12.9. The highest BCUT2D eigenvalue weighted by atomic mass is 16.5. The number of methoxy groups -OCH3 is 1. The van der Waals surface area contributed by atoms with Crippen molar-refractivity contribution >= 4 is 5.97 Å². The number of fused-ring (bicyclic) bond motifs is 1. The summed E-state index contributed by atoms with van der Waals surface area (Å²) < 4.78 is 11.1. The van der Waals surface area contributed by atoms with E-state index in [2.05, 4.69) is 13.0 Å². The monoisotopic (exact) mass is 341 g/mol. The van der Waals surface area contributed by atoms with Crippen molar-refractivity contribution in [2.45, 2.75) is 58.0 Å². The smallest absolute Gasteiger partial charge is 0.313 e. The largest absolute Gasteiger partial charge is 0.466 e. The van der Waals surface area contributed by atoms with Crippen LogP contribution >= 0.6 is 0 Å². The lowest BCUT2D eigenvalue weighted by molar-refractivity contribution is -0.150. The molecule has 0 bridgehead atoms. The van der Waals surface area contributed by atoms with Crippen molar-refractivity contribution in [1.29, 1.82) is 5.26 Å². The van der Waals surface area contributed by atoms with Gasteiger partial charge in [-0.2, -0.15) is 5.26 Å². The molecule has 2 aliphatic carbocycles. The van der Waals surface area contributed by atoms with Gasteiger partial charge in [0.2, 0.25) is 0 Å². The molecule has 2 aliphatic rings. The Bertz CT molecular complexity index is 693. The lowest BCUT2D eigenvalue weighted by Crippen LogP contribution is -2.42. The third-order valence-electron chi connectivity index (χ3n) is 6.21. The van der Waals surface area contributed by atoms with Crippen LogP contribution in [0.1, 0.15) is 62.1 Å². The van der Waals surface area contributed by atoms with Crippen molar-refractivity contribution < 1.29 is 14.3 Å². The van der Waals surface area contributed by atoms with E-state index in [9.17, 15) is 10.1 Å². The summed E-state index contributed by atoms with van der Waals surface area (Å²) in [5.74, 6) is 0.0603. The van der Waals surface area contributed by atoms with E-state index in [1.165, 1.54) is 5.56 Å². The number of rotatable bonds is 4. The summed E-state index contributed by atoms with van der Waals surface area (Å²) in [6, 6.07) is 7.99. The molecule has 1 saturated carbocycles. The summed E-state index contributed by atoms with van der Waals surface area (Å²) in [5, 5.41) is 9.26. The molecule has 1 fully saturated rings. The Labute approximate surface area is 150 Å². The Balaban J connectivity index is 2.01. The highest BCUT2D eigenvalue weighted by molar-refractivity contribution is 5.81. The lowest BCUT2D eigenvalue weighted by atomic mass is 9.62. The second-order valence-corrected chi connectivity index (χ2v) is 7.43. The van der Waals surface area contributed by atoms with E-state index in [4.69, 9.17) is 9.47 Å². The second-order valence-electron chi connectivity index (χ2n) is 7.43. The number of hydrogen-bond donors (Lipinski definition) is 0. The normalized spacial score (nSPS) is 30.7. The number of carbonyl (C=O) groups is 1. The zero-order valence-corrected chi connectivity index (χ0v) is 15.4. The van der Waals surface area contributed by atoms with Crippen LogP contribution < -0.4 is 0 Å². The predicted molar refractivity (Wildman–Crippen MR) is 95.1 cm³/mol. The first-order valence-corrected chi connectivity index (χ1v) is 9.31. The van der Waals surface area contributed by atoms with Crippen LogP contribution in [0, 0.1) is 22.7 Å². The van der Waals surface area contributed by atoms with Crippen molar-refractivity contribution in [1.82, 2.24) is 0 Å². The molecule has 134 valence electrons. The van der Waals surface area contributed by atoms with Crippen LogP contribution in [0.25, 0.3) is 0 Å². The van der Waals surface area contributed by atoms with Crippen LogP contribution in [0.2, 0.25) is 0 Å². The van der Waals surface area contributed by atoms with Gasteiger partial charge in [-0.15, -0.1) is 0 Å². The van der Waals surface area contributed by atoms with Crippen LogP contribution in [0.4, 0.5) is 0 Å². The first-order valence-electron chi connectivity index (χ1n) is 9.31. The van der Waals surface area contributed by atoms with Gasteiger partial charge in [-0.1, -0.05) is 19.4 Å². The van der Waals surface area contributed by atoms with E-state index in [-0.39, 0.29) is 23.4 Å². The molecule has 3 rings (SSSR count). The minimum absolute atomic E-state index is 0.0988. The van der Waals surface area contributed by atoms with Crippen molar-refractivity contribution in [2.75, 3.05) is 13.7 Å². The molecule has 0 aliphatic heterocycles. The topological polar surface area (TPSA) is 59.3 Å². The van der Waals surface area contributed by atoms with Gasteiger partial charge in [0, 0.05) is 7.11 Å². The van der Waals surface area contributed by atoms with Crippen molar-refractivity contribution in [3.8, 4) is 6.07 Å². The van der Waals surface area contributed by atoms with Crippen molar-refractivity contribution in [3.63, 3.8) is 0 Å². The van der Waals surface area contributed by atoms with E-state index in [1.54, 1.807) is 7.11 Å². The maximum Gasteiger partial charge on any atom is 0.313 e. The SMILES string of the molecule is CCOC(=O)C1c2cc(C#N)ccc2CC12CCC(OC)C(CC)C2. The first-order chi connectivity index (χ1) is 12.1. The van der Waals surface area contributed by atoms with Gasteiger partial charge < -0.3 is 9.47 Å². The van der Waals surface area contributed by atoms with E-state index in [0.717, 1.165) is 37.7 Å². The number of carbonyl (C=O) groups excluding carboxylic acids is 1. The Hall–Kier alpha value is -1.86. The fraction of sp³-hybridized carbons (Fsp3) is 0.619. The predicted octanol–water partition coefficient (Wildman–Crippen LogP) is 3.97. The Morgan fingerprint density at radius 1 is 1.40 bits per heavy atom.